The number of furan rings is 1. The normalized spacial score (nSPS) is 11.2. The minimum atomic E-state index is -0.0235. The van der Waals surface area contributed by atoms with Crippen LogP contribution in [-0.2, 0) is 11.3 Å². The van der Waals surface area contributed by atoms with Gasteiger partial charge in [0, 0.05) is 17.6 Å². The maximum atomic E-state index is 12.4. The summed E-state index contributed by atoms with van der Waals surface area (Å²) in [6, 6.07) is 8.03. The number of rotatable bonds is 6. The van der Waals surface area contributed by atoms with Gasteiger partial charge < -0.3 is 9.73 Å². The summed E-state index contributed by atoms with van der Waals surface area (Å²) in [5.74, 6) is 1.64. The lowest BCUT2D eigenvalue weighted by Crippen LogP contribution is -2.30. The van der Waals surface area contributed by atoms with Gasteiger partial charge in [-0.1, -0.05) is 17.7 Å². The highest BCUT2D eigenvalue weighted by Gasteiger charge is 2.13. The fourth-order valence-corrected chi connectivity index (χ4v) is 3.95. The largest absolute Gasteiger partial charge is 0.459 e. The van der Waals surface area contributed by atoms with Gasteiger partial charge in [-0.25, -0.2) is 4.98 Å². The van der Waals surface area contributed by atoms with Gasteiger partial charge in [0.05, 0.1) is 12.2 Å². The van der Waals surface area contributed by atoms with E-state index in [0.29, 0.717) is 13.1 Å². The molecule has 0 saturated carbocycles. The molecule has 2 heterocycles. The molecule has 0 aliphatic rings. The quantitative estimate of drug-likeness (QED) is 0.670. The zero-order valence-corrected chi connectivity index (χ0v) is 17.2. The highest BCUT2D eigenvalue weighted by Crippen LogP contribution is 2.26. The number of amides is 1. The molecule has 0 spiro atoms. The average molecular weight is 384 g/mol. The van der Waals surface area contributed by atoms with Gasteiger partial charge in [0.25, 0.3) is 0 Å². The number of anilines is 1. The molecule has 1 amide bonds. The lowest BCUT2D eigenvalue weighted by molar-refractivity contribution is -0.117. The Balaban J connectivity index is 1.59. The molecule has 0 radical (unpaired) electrons. The molecule has 2 aromatic heterocycles. The monoisotopic (exact) mass is 383 g/mol. The van der Waals surface area contributed by atoms with Gasteiger partial charge in [-0.15, -0.1) is 11.3 Å². The molecule has 27 heavy (non-hydrogen) atoms. The van der Waals surface area contributed by atoms with Gasteiger partial charge in [-0.05, 0) is 58.0 Å². The number of thiazole rings is 1. The van der Waals surface area contributed by atoms with E-state index in [-0.39, 0.29) is 5.91 Å². The van der Waals surface area contributed by atoms with E-state index < -0.39 is 0 Å². The number of carbonyl (C=O) groups excluding carboxylic acids is 1. The van der Waals surface area contributed by atoms with Gasteiger partial charge in [0.2, 0.25) is 5.91 Å². The SMILES string of the molecule is Cc1cc(C)c(NC(=O)CN(C)Cc2csc(-c3ccc(C)o3)n2)c(C)c1. The van der Waals surface area contributed by atoms with Crippen molar-refractivity contribution in [3.05, 3.63) is 57.8 Å². The van der Waals surface area contributed by atoms with Crippen LogP contribution in [0.25, 0.3) is 10.8 Å². The number of carbonyl (C=O) groups is 1. The van der Waals surface area contributed by atoms with Crippen LogP contribution >= 0.6 is 11.3 Å². The first-order valence-corrected chi connectivity index (χ1v) is 9.77. The molecule has 0 fully saturated rings. The Kier molecular flexibility index (Phi) is 5.77. The van der Waals surface area contributed by atoms with E-state index in [9.17, 15) is 4.79 Å². The van der Waals surface area contributed by atoms with Crippen molar-refractivity contribution in [1.29, 1.82) is 0 Å². The summed E-state index contributed by atoms with van der Waals surface area (Å²) >= 11 is 1.55. The molecule has 0 unspecified atom stereocenters. The number of aromatic nitrogens is 1. The molecule has 1 N–H and O–H groups in total. The second-order valence-electron chi connectivity index (χ2n) is 7.05. The lowest BCUT2D eigenvalue weighted by atomic mass is 10.1. The third-order valence-electron chi connectivity index (χ3n) is 4.29. The third kappa shape index (κ3) is 4.84. The van der Waals surface area contributed by atoms with Crippen molar-refractivity contribution < 1.29 is 9.21 Å². The van der Waals surface area contributed by atoms with Crippen LogP contribution < -0.4 is 5.32 Å². The van der Waals surface area contributed by atoms with Crippen LogP contribution in [0.5, 0.6) is 0 Å². The van der Waals surface area contributed by atoms with Crippen LogP contribution in [0.3, 0.4) is 0 Å². The Morgan fingerprint density at radius 2 is 1.89 bits per heavy atom. The molecule has 6 heteroatoms. The number of hydrogen-bond acceptors (Lipinski definition) is 5. The highest BCUT2D eigenvalue weighted by molar-refractivity contribution is 7.13. The molecule has 142 valence electrons. The molecule has 5 nitrogen and oxygen atoms in total. The van der Waals surface area contributed by atoms with Gasteiger partial charge >= 0.3 is 0 Å². The van der Waals surface area contributed by atoms with Crippen LogP contribution in [0.1, 0.15) is 28.1 Å². The molecule has 3 rings (SSSR count). The molecule has 0 bridgehead atoms. The summed E-state index contributed by atoms with van der Waals surface area (Å²) in [4.78, 5) is 19.0. The number of likely N-dealkylation sites (N-methyl/N-ethyl adjacent to an activating group) is 1. The Labute approximate surface area is 164 Å². The van der Waals surface area contributed by atoms with Gasteiger partial charge in [-0.2, -0.15) is 0 Å². The minimum Gasteiger partial charge on any atom is -0.459 e. The number of benzene rings is 1. The van der Waals surface area contributed by atoms with E-state index in [1.165, 1.54) is 5.56 Å². The first-order chi connectivity index (χ1) is 12.8. The van der Waals surface area contributed by atoms with Gasteiger partial charge in [-0.3, -0.25) is 9.69 Å². The predicted molar refractivity (Wildman–Crippen MR) is 110 cm³/mol. The predicted octanol–water partition coefficient (Wildman–Crippen LogP) is 4.71. The molecule has 0 saturated heterocycles. The molecular weight excluding hydrogens is 358 g/mol. The van der Waals surface area contributed by atoms with E-state index in [1.807, 2.05) is 50.2 Å². The Bertz CT molecular complexity index is 935. The first-order valence-electron chi connectivity index (χ1n) is 8.89. The molecular formula is C21H25N3O2S. The van der Waals surface area contributed by atoms with Crippen molar-refractivity contribution in [3.8, 4) is 10.8 Å². The molecule has 0 aliphatic heterocycles. The first kappa shape index (κ1) is 19.3. The summed E-state index contributed by atoms with van der Waals surface area (Å²) < 4.78 is 5.62. The van der Waals surface area contributed by atoms with E-state index in [1.54, 1.807) is 11.3 Å². The van der Waals surface area contributed by atoms with Crippen molar-refractivity contribution >= 4 is 22.9 Å². The van der Waals surface area contributed by atoms with E-state index >= 15 is 0 Å². The number of hydrogen-bond donors (Lipinski definition) is 1. The van der Waals surface area contributed by atoms with E-state index in [4.69, 9.17) is 4.42 Å². The Hall–Kier alpha value is -2.44. The van der Waals surface area contributed by atoms with Gasteiger partial charge in [0.1, 0.15) is 5.76 Å². The fraction of sp³-hybridized carbons (Fsp3) is 0.333. The number of nitrogens with zero attached hydrogens (tertiary/aromatic N) is 2. The number of aryl methyl sites for hydroxylation is 4. The third-order valence-corrected chi connectivity index (χ3v) is 5.20. The van der Waals surface area contributed by atoms with Crippen LogP contribution in [0.2, 0.25) is 0 Å². The van der Waals surface area contributed by atoms with Crippen LogP contribution in [0, 0.1) is 27.7 Å². The number of nitrogens with one attached hydrogen (secondary N) is 1. The summed E-state index contributed by atoms with van der Waals surface area (Å²) in [7, 11) is 1.92. The molecule has 0 atom stereocenters. The van der Waals surface area contributed by atoms with Crippen molar-refractivity contribution in [2.24, 2.45) is 0 Å². The Morgan fingerprint density at radius 3 is 2.52 bits per heavy atom. The summed E-state index contributed by atoms with van der Waals surface area (Å²) in [5.41, 5.74) is 5.21. The fourth-order valence-electron chi connectivity index (χ4n) is 3.18. The van der Waals surface area contributed by atoms with Crippen molar-refractivity contribution in [1.82, 2.24) is 9.88 Å². The van der Waals surface area contributed by atoms with Crippen molar-refractivity contribution in [2.75, 3.05) is 18.9 Å². The van der Waals surface area contributed by atoms with E-state index in [2.05, 4.69) is 29.4 Å². The van der Waals surface area contributed by atoms with Crippen LogP contribution in [-0.4, -0.2) is 29.4 Å². The topological polar surface area (TPSA) is 58.4 Å². The maximum Gasteiger partial charge on any atom is 0.238 e. The molecule has 0 aliphatic carbocycles. The van der Waals surface area contributed by atoms with Crippen molar-refractivity contribution in [3.63, 3.8) is 0 Å². The smallest absolute Gasteiger partial charge is 0.238 e. The summed E-state index contributed by atoms with van der Waals surface area (Å²) in [6.45, 7) is 8.93. The van der Waals surface area contributed by atoms with Crippen molar-refractivity contribution in [2.45, 2.75) is 34.2 Å². The highest BCUT2D eigenvalue weighted by atomic mass is 32.1. The zero-order valence-electron chi connectivity index (χ0n) is 16.4. The minimum absolute atomic E-state index is 0.0235. The summed E-state index contributed by atoms with van der Waals surface area (Å²) in [6.07, 6.45) is 0. The maximum absolute atomic E-state index is 12.4. The lowest BCUT2D eigenvalue weighted by Gasteiger charge is -2.17. The molecule has 3 aromatic rings. The summed E-state index contributed by atoms with van der Waals surface area (Å²) in [5, 5.41) is 5.92. The second-order valence-corrected chi connectivity index (χ2v) is 7.91. The van der Waals surface area contributed by atoms with Crippen LogP contribution in [0.4, 0.5) is 5.69 Å². The molecule has 1 aromatic carbocycles. The zero-order chi connectivity index (χ0) is 19.6. The van der Waals surface area contributed by atoms with E-state index in [0.717, 1.165) is 39.0 Å². The van der Waals surface area contributed by atoms with Crippen LogP contribution in [0.15, 0.2) is 34.1 Å². The second kappa shape index (κ2) is 8.06. The Morgan fingerprint density at radius 1 is 1.19 bits per heavy atom. The standard InChI is InChI=1S/C21H25N3O2S/c1-13-8-14(2)20(15(3)9-13)23-19(25)11-24(5)10-17-12-27-21(22-17)18-7-6-16(4)26-18/h6-9,12H,10-11H2,1-5H3,(H,23,25). The van der Waals surface area contributed by atoms with Gasteiger partial charge in [0.15, 0.2) is 10.8 Å². The average Bonchev–Trinajstić information content (AvgIpc) is 3.19.